The number of nitrogens with one attached hydrogen (secondary N) is 2. The zero-order valence-electron chi connectivity index (χ0n) is 20.3. The van der Waals surface area contributed by atoms with Gasteiger partial charge < -0.3 is 25.4 Å². The van der Waals surface area contributed by atoms with E-state index in [1.807, 2.05) is 20.1 Å². The van der Waals surface area contributed by atoms with Gasteiger partial charge in [-0.2, -0.15) is 11.8 Å². The zero-order valence-corrected chi connectivity index (χ0v) is 21.1. The number of aryl methyl sites for hydroxylation is 1. The quantitative estimate of drug-likeness (QED) is 0.514. The molecule has 0 aliphatic carbocycles. The van der Waals surface area contributed by atoms with E-state index in [1.54, 1.807) is 57.7 Å². The first-order valence-electron chi connectivity index (χ1n) is 10.6. The summed E-state index contributed by atoms with van der Waals surface area (Å²) < 4.78 is 5.31. The molecule has 0 saturated heterocycles. The number of nitrogens with zero attached hydrogens (tertiary/aromatic N) is 1. The van der Waals surface area contributed by atoms with Crippen LogP contribution >= 0.6 is 11.8 Å². The molecule has 180 valence electrons. The minimum Gasteiger partial charge on any atom is -0.507 e. The minimum absolute atomic E-state index is 0.0446. The molecule has 0 spiro atoms. The van der Waals surface area contributed by atoms with E-state index in [2.05, 4.69) is 10.6 Å². The van der Waals surface area contributed by atoms with Crippen molar-refractivity contribution >= 4 is 29.7 Å². The molecule has 0 saturated carbocycles. The molecule has 0 aromatic heterocycles. The van der Waals surface area contributed by atoms with E-state index in [4.69, 9.17) is 4.74 Å². The molecule has 9 heteroatoms. The highest BCUT2D eigenvalue weighted by Gasteiger charge is 2.35. The number of para-hydroxylation sites is 1. The second-order valence-corrected chi connectivity index (χ2v) is 9.99. The molecule has 0 aliphatic heterocycles. The number of hydrogen-bond donors (Lipinski definition) is 3. The summed E-state index contributed by atoms with van der Waals surface area (Å²) in [5.74, 6) is -0.289. The molecular formula is C23H37N3O5S. The average Bonchev–Trinajstić information content (AvgIpc) is 2.65. The van der Waals surface area contributed by atoms with Gasteiger partial charge >= 0.3 is 6.09 Å². The molecule has 2 atom stereocenters. The molecule has 32 heavy (non-hydrogen) atoms. The number of carbonyl (C=O) groups is 3. The van der Waals surface area contributed by atoms with Crippen LogP contribution in [-0.4, -0.2) is 64.7 Å². The van der Waals surface area contributed by atoms with Gasteiger partial charge in [-0.05, 0) is 65.5 Å². The van der Waals surface area contributed by atoms with Gasteiger partial charge in [-0.25, -0.2) is 4.79 Å². The third-order valence-corrected chi connectivity index (χ3v) is 5.22. The zero-order chi connectivity index (χ0) is 24.6. The van der Waals surface area contributed by atoms with Gasteiger partial charge in [0.15, 0.2) is 0 Å². The number of phenolic OH excluding ortho intramolecular Hbond substituents is 1. The number of rotatable bonds is 9. The van der Waals surface area contributed by atoms with Gasteiger partial charge in [-0.3, -0.25) is 9.59 Å². The van der Waals surface area contributed by atoms with E-state index >= 15 is 0 Å². The summed E-state index contributed by atoms with van der Waals surface area (Å²) in [5.41, 5.74) is 0.201. The van der Waals surface area contributed by atoms with Crippen LogP contribution in [0.5, 0.6) is 5.75 Å². The number of ether oxygens (including phenoxy) is 1. The van der Waals surface area contributed by atoms with Gasteiger partial charge in [0.2, 0.25) is 11.8 Å². The summed E-state index contributed by atoms with van der Waals surface area (Å²) in [7, 11) is 1.50. The van der Waals surface area contributed by atoms with Crippen LogP contribution in [0.2, 0.25) is 0 Å². The average molecular weight is 468 g/mol. The standard InChI is InChI=1S/C23H37N3O5S/c1-14(2)24-20(28)18(16-11-9-10-15(3)19(16)27)26(7)21(29)17(12-13-32-8)25-22(30)31-23(4,5)6/h9-11,14,17-18,27H,12-13H2,1-8H3,(H,24,28)(H,25,30). The van der Waals surface area contributed by atoms with Gasteiger partial charge in [-0.15, -0.1) is 0 Å². The predicted octanol–water partition coefficient (Wildman–Crippen LogP) is 3.37. The lowest BCUT2D eigenvalue weighted by molar-refractivity contribution is -0.141. The van der Waals surface area contributed by atoms with Gasteiger partial charge in [0.1, 0.15) is 23.4 Å². The molecule has 0 aliphatic rings. The van der Waals surface area contributed by atoms with Crippen LogP contribution in [0.1, 0.15) is 58.2 Å². The maximum Gasteiger partial charge on any atom is 0.408 e. The van der Waals surface area contributed by atoms with Crippen molar-refractivity contribution in [3.8, 4) is 5.75 Å². The molecule has 0 bridgehead atoms. The van der Waals surface area contributed by atoms with Gasteiger partial charge in [-0.1, -0.05) is 18.2 Å². The molecule has 8 nitrogen and oxygen atoms in total. The van der Waals surface area contributed by atoms with Crippen molar-refractivity contribution in [3.63, 3.8) is 0 Å². The van der Waals surface area contributed by atoms with Gasteiger partial charge in [0, 0.05) is 18.7 Å². The first kappa shape index (κ1) is 27.6. The molecule has 3 N–H and O–H groups in total. The molecule has 1 aromatic rings. The number of carbonyl (C=O) groups excluding carboxylic acids is 3. The monoisotopic (exact) mass is 467 g/mol. The van der Waals surface area contributed by atoms with Crippen LogP contribution in [-0.2, 0) is 14.3 Å². The van der Waals surface area contributed by atoms with Crippen molar-refractivity contribution in [2.45, 2.75) is 71.7 Å². The van der Waals surface area contributed by atoms with Crippen LogP contribution in [0.4, 0.5) is 4.79 Å². The normalized spacial score (nSPS) is 13.3. The summed E-state index contributed by atoms with van der Waals surface area (Å²) in [5, 5.41) is 16.1. The molecule has 0 fully saturated rings. The van der Waals surface area contributed by atoms with Crippen LogP contribution in [0.15, 0.2) is 18.2 Å². The van der Waals surface area contributed by atoms with E-state index < -0.39 is 35.6 Å². The fourth-order valence-corrected chi connectivity index (χ4v) is 3.58. The van der Waals surface area contributed by atoms with Crippen molar-refractivity contribution in [3.05, 3.63) is 29.3 Å². The summed E-state index contributed by atoms with van der Waals surface area (Å²) in [6.07, 6.45) is 1.57. The maximum absolute atomic E-state index is 13.4. The first-order valence-corrected chi connectivity index (χ1v) is 12.0. The number of alkyl carbamates (subject to hydrolysis) is 1. The van der Waals surface area contributed by atoms with Crippen molar-refractivity contribution in [2.75, 3.05) is 19.1 Å². The number of likely N-dealkylation sites (N-methyl/N-ethyl adjacent to an activating group) is 1. The van der Waals surface area contributed by atoms with E-state index in [9.17, 15) is 19.5 Å². The van der Waals surface area contributed by atoms with Crippen molar-refractivity contribution < 1.29 is 24.2 Å². The Bertz CT molecular complexity index is 807. The third-order valence-electron chi connectivity index (χ3n) is 4.58. The highest BCUT2D eigenvalue weighted by Crippen LogP contribution is 2.31. The fourth-order valence-electron chi connectivity index (χ4n) is 3.11. The lowest BCUT2D eigenvalue weighted by Crippen LogP contribution is -2.52. The summed E-state index contributed by atoms with van der Waals surface area (Å²) in [6.45, 7) is 10.6. The highest BCUT2D eigenvalue weighted by atomic mass is 32.2. The Morgan fingerprint density at radius 1 is 1.19 bits per heavy atom. The topological polar surface area (TPSA) is 108 Å². The molecular weight excluding hydrogens is 430 g/mol. The van der Waals surface area contributed by atoms with Crippen LogP contribution in [0.3, 0.4) is 0 Å². The molecule has 1 aromatic carbocycles. The minimum atomic E-state index is -1.07. The Hall–Kier alpha value is -2.42. The number of aromatic hydroxyl groups is 1. The van der Waals surface area contributed by atoms with E-state index in [1.165, 1.54) is 11.9 Å². The van der Waals surface area contributed by atoms with Crippen molar-refractivity contribution in [2.24, 2.45) is 0 Å². The number of amides is 3. The smallest absolute Gasteiger partial charge is 0.408 e. The van der Waals surface area contributed by atoms with E-state index in [-0.39, 0.29) is 11.8 Å². The Kier molecular flexibility index (Phi) is 10.3. The Balaban J connectivity index is 3.29. The van der Waals surface area contributed by atoms with Crippen LogP contribution in [0.25, 0.3) is 0 Å². The van der Waals surface area contributed by atoms with Gasteiger partial charge in [0.25, 0.3) is 0 Å². The van der Waals surface area contributed by atoms with Gasteiger partial charge in [0.05, 0.1) is 0 Å². The largest absolute Gasteiger partial charge is 0.507 e. The molecule has 0 radical (unpaired) electrons. The maximum atomic E-state index is 13.4. The van der Waals surface area contributed by atoms with Crippen molar-refractivity contribution in [1.29, 1.82) is 0 Å². The third kappa shape index (κ3) is 8.26. The number of hydrogen-bond acceptors (Lipinski definition) is 6. The number of thioether (sulfide) groups is 1. The van der Waals surface area contributed by atoms with Crippen LogP contribution in [0, 0.1) is 6.92 Å². The SMILES string of the molecule is CSCCC(NC(=O)OC(C)(C)C)C(=O)N(C)C(C(=O)NC(C)C)c1cccc(C)c1O. The molecule has 0 heterocycles. The summed E-state index contributed by atoms with van der Waals surface area (Å²) >= 11 is 1.54. The highest BCUT2D eigenvalue weighted by molar-refractivity contribution is 7.98. The molecule has 3 amide bonds. The first-order chi connectivity index (χ1) is 14.8. The molecule has 1 rings (SSSR count). The second kappa shape index (κ2) is 12.0. The van der Waals surface area contributed by atoms with Crippen LogP contribution < -0.4 is 10.6 Å². The number of phenols is 1. The lowest BCUT2D eigenvalue weighted by Gasteiger charge is -2.32. The Morgan fingerprint density at radius 2 is 1.81 bits per heavy atom. The number of benzene rings is 1. The van der Waals surface area contributed by atoms with E-state index in [0.29, 0.717) is 23.3 Å². The Morgan fingerprint density at radius 3 is 2.34 bits per heavy atom. The summed E-state index contributed by atoms with van der Waals surface area (Å²) in [6, 6.07) is 2.96. The Labute approximate surface area is 195 Å². The molecule has 2 unspecified atom stereocenters. The predicted molar refractivity (Wildman–Crippen MR) is 128 cm³/mol. The fraction of sp³-hybridized carbons (Fsp3) is 0.609. The lowest BCUT2D eigenvalue weighted by atomic mass is 9.99. The second-order valence-electron chi connectivity index (χ2n) is 9.01. The summed E-state index contributed by atoms with van der Waals surface area (Å²) in [4.78, 5) is 40.1. The van der Waals surface area contributed by atoms with Crippen molar-refractivity contribution in [1.82, 2.24) is 15.5 Å². The van der Waals surface area contributed by atoms with E-state index in [0.717, 1.165) is 0 Å².